The van der Waals surface area contributed by atoms with Crippen molar-refractivity contribution in [3.63, 3.8) is 0 Å². The van der Waals surface area contributed by atoms with Crippen LogP contribution in [0.5, 0.6) is 0 Å². The fourth-order valence-corrected chi connectivity index (χ4v) is 3.88. The van der Waals surface area contributed by atoms with Gasteiger partial charge in [-0.2, -0.15) is 0 Å². The van der Waals surface area contributed by atoms with Crippen molar-refractivity contribution < 1.29 is 22.5 Å². The first kappa shape index (κ1) is 20.2. The molecule has 8 nitrogen and oxygen atoms in total. The van der Waals surface area contributed by atoms with Crippen molar-refractivity contribution in [1.82, 2.24) is 0 Å². The number of anilines is 1. The standard InChI is InChI=1S/C18H20FN3O5S/c19-18(7-9-27-10-8-18)12-21-15-6-5-13(11-16(15)22(23)24)14-3-1-2-4-17(14)28(20,25)26/h1-6,11,21H,7-10,12H2,(H2,20,25,26). The van der Waals surface area contributed by atoms with Crippen LogP contribution >= 0.6 is 0 Å². The van der Waals surface area contributed by atoms with Gasteiger partial charge in [-0.15, -0.1) is 0 Å². The number of nitro benzene ring substituents is 1. The summed E-state index contributed by atoms with van der Waals surface area (Å²) >= 11 is 0. The summed E-state index contributed by atoms with van der Waals surface area (Å²) in [6.45, 7) is 0.539. The minimum atomic E-state index is -4.00. The van der Waals surface area contributed by atoms with E-state index < -0.39 is 20.6 Å². The van der Waals surface area contributed by atoms with Crippen molar-refractivity contribution in [2.24, 2.45) is 5.14 Å². The predicted octanol–water partition coefficient (Wildman–Crippen LogP) is 2.84. The zero-order valence-corrected chi connectivity index (χ0v) is 15.7. The second-order valence-electron chi connectivity index (χ2n) is 6.65. The number of ether oxygens (including phenoxy) is 1. The molecule has 0 aromatic heterocycles. The van der Waals surface area contributed by atoms with E-state index >= 15 is 0 Å². The second-order valence-corrected chi connectivity index (χ2v) is 8.18. The van der Waals surface area contributed by atoms with Crippen molar-refractivity contribution in [3.05, 3.63) is 52.6 Å². The number of halogens is 1. The molecule has 0 radical (unpaired) electrons. The molecule has 1 aliphatic heterocycles. The molecule has 0 bridgehead atoms. The Kier molecular flexibility index (Phi) is 5.64. The van der Waals surface area contributed by atoms with Crippen LogP contribution in [0.15, 0.2) is 47.4 Å². The molecule has 0 aliphatic carbocycles. The maximum atomic E-state index is 14.7. The smallest absolute Gasteiger partial charge is 0.292 e. The van der Waals surface area contributed by atoms with E-state index in [9.17, 15) is 22.9 Å². The molecule has 0 spiro atoms. The summed E-state index contributed by atoms with van der Waals surface area (Å²) in [5, 5.41) is 19.6. The highest BCUT2D eigenvalue weighted by Gasteiger charge is 2.32. The number of rotatable bonds is 6. The Morgan fingerprint density at radius 1 is 1.21 bits per heavy atom. The average molecular weight is 409 g/mol. The van der Waals surface area contributed by atoms with E-state index in [1.54, 1.807) is 6.07 Å². The van der Waals surface area contributed by atoms with Gasteiger partial charge < -0.3 is 10.1 Å². The Hall–Kier alpha value is -2.56. The fraction of sp³-hybridized carbons (Fsp3) is 0.333. The zero-order chi connectivity index (χ0) is 20.4. The van der Waals surface area contributed by atoms with E-state index in [4.69, 9.17) is 9.88 Å². The van der Waals surface area contributed by atoms with Crippen LogP contribution < -0.4 is 10.5 Å². The number of nitro groups is 1. The lowest BCUT2D eigenvalue weighted by Gasteiger charge is -2.29. The zero-order valence-electron chi connectivity index (χ0n) is 14.9. The number of benzene rings is 2. The van der Waals surface area contributed by atoms with Crippen molar-refractivity contribution in [2.75, 3.05) is 25.1 Å². The minimum Gasteiger partial charge on any atom is -0.381 e. The van der Waals surface area contributed by atoms with Gasteiger partial charge in [-0.05, 0) is 17.7 Å². The molecule has 1 heterocycles. The summed E-state index contributed by atoms with van der Waals surface area (Å²) < 4.78 is 43.5. The van der Waals surface area contributed by atoms with Gasteiger partial charge in [-0.1, -0.05) is 24.3 Å². The maximum absolute atomic E-state index is 14.7. The third kappa shape index (κ3) is 4.46. The Labute approximate surface area is 161 Å². The van der Waals surface area contributed by atoms with Crippen molar-refractivity contribution in [2.45, 2.75) is 23.4 Å². The largest absolute Gasteiger partial charge is 0.381 e. The average Bonchev–Trinajstić information content (AvgIpc) is 2.66. The number of sulfonamides is 1. The van der Waals surface area contributed by atoms with Gasteiger partial charge in [0.15, 0.2) is 0 Å². The summed E-state index contributed by atoms with van der Waals surface area (Å²) in [4.78, 5) is 10.8. The molecule has 0 amide bonds. The first-order valence-corrected chi connectivity index (χ1v) is 10.2. The lowest BCUT2D eigenvalue weighted by Crippen LogP contribution is -2.38. The molecule has 0 saturated carbocycles. The number of alkyl halides is 1. The number of nitrogens with two attached hydrogens (primary N) is 1. The van der Waals surface area contributed by atoms with Crippen molar-refractivity contribution >= 4 is 21.4 Å². The molecule has 1 fully saturated rings. The van der Waals surface area contributed by atoms with Crippen LogP contribution in [-0.2, 0) is 14.8 Å². The Morgan fingerprint density at radius 2 is 1.89 bits per heavy atom. The van der Waals surface area contributed by atoms with Crippen LogP contribution in [0.3, 0.4) is 0 Å². The lowest BCUT2D eigenvalue weighted by molar-refractivity contribution is -0.383. The van der Waals surface area contributed by atoms with Crippen LogP contribution in [0.1, 0.15) is 12.8 Å². The van der Waals surface area contributed by atoms with Gasteiger partial charge in [0.05, 0.1) is 9.82 Å². The van der Waals surface area contributed by atoms with Crippen LogP contribution in [0.4, 0.5) is 15.8 Å². The highest BCUT2D eigenvalue weighted by molar-refractivity contribution is 7.89. The van der Waals surface area contributed by atoms with Crippen molar-refractivity contribution in [3.8, 4) is 11.1 Å². The maximum Gasteiger partial charge on any atom is 0.292 e. The second kappa shape index (κ2) is 7.82. The topological polar surface area (TPSA) is 125 Å². The summed E-state index contributed by atoms with van der Waals surface area (Å²) in [5.41, 5.74) is -1.04. The van der Waals surface area contributed by atoms with E-state index in [0.29, 0.717) is 18.8 Å². The molecule has 28 heavy (non-hydrogen) atoms. The summed E-state index contributed by atoms with van der Waals surface area (Å²) in [7, 11) is -4.00. The van der Waals surface area contributed by atoms with Gasteiger partial charge in [-0.3, -0.25) is 10.1 Å². The number of nitrogens with one attached hydrogen (secondary N) is 1. The van der Waals surface area contributed by atoms with Crippen LogP contribution in [-0.4, -0.2) is 38.8 Å². The van der Waals surface area contributed by atoms with Gasteiger partial charge in [0, 0.05) is 44.2 Å². The molecule has 2 aromatic carbocycles. The quantitative estimate of drug-likeness (QED) is 0.558. The van der Waals surface area contributed by atoms with E-state index in [-0.39, 0.29) is 41.2 Å². The number of hydrogen-bond acceptors (Lipinski definition) is 6. The molecule has 150 valence electrons. The first-order chi connectivity index (χ1) is 13.2. The summed E-state index contributed by atoms with van der Waals surface area (Å²) in [6, 6.07) is 10.2. The number of nitrogens with zero attached hydrogens (tertiary/aromatic N) is 1. The highest BCUT2D eigenvalue weighted by Crippen LogP contribution is 2.34. The van der Waals surface area contributed by atoms with Crippen LogP contribution in [0.25, 0.3) is 11.1 Å². The Morgan fingerprint density at radius 3 is 2.54 bits per heavy atom. The summed E-state index contributed by atoms with van der Waals surface area (Å²) in [5.74, 6) is 0. The monoisotopic (exact) mass is 409 g/mol. The highest BCUT2D eigenvalue weighted by atomic mass is 32.2. The normalized spacial score (nSPS) is 16.5. The molecule has 1 saturated heterocycles. The van der Waals surface area contributed by atoms with Gasteiger partial charge in [0.1, 0.15) is 11.4 Å². The van der Waals surface area contributed by atoms with Gasteiger partial charge in [0.2, 0.25) is 10.0 Å². The molecule has 3 rings (SSSR count). The van der Waals surface area contributed by atoms with E-state index in [2.05, 4.69) is 5.32 Å². The predicted molar refractivity (Wildman–Crippen MR) is 102 cm³/mol. The SMILES string of the molecule is NS(=O)(=O)c1ccccc1-c1ccc(NCC2(F)CCOCC2)c([N+](=O)[O-])c1. The molecule has 1 aliphatic rings. The van der Waals surface area contributed by atoms with E-state index in [1.165, 1.54) is 36.4 Å². The molecule has 0 atom stereocenters. The van der Waals surface area contributed by atoms with Crippen LogP contribution in [0.2, 0.25) is 0 Å². The third-order valence-corrected chi connectivity index (χ3v) is 5.65. The third-order valence-electron chi connectivity index (χ3n) is 4.68. The number of primary sulfonamides is 1. The molecule has 0 unspecified atom stereocenters. The molecule has 2 aromatic rings. The number of hydrogen-bond donors (Lipinski definition) is 2. The van der Waals surface area contributed by atoms with Crippen molar-refractivity contribution in [1.29, 1.82) is 0 Å². The molecule has 3 N–H and O–H groups in total. The summed E-state index contributed by atoms with van der Waals surface area (Å²) in [6.07, 6.45) is 0.432. The van der Waals surface area contributed by atoms with Gasteiger partial charge >= 0.3 is 0 Å². The molecular formula is C18H20FN3O5S. The first-order valence-electron chi connectivity index (χ1n) is 8.61. The lowest BCUT2D eigenvalue weighted by atomic mass is 9.96. The minimum absolute atomic E-state index is 0.0791. The fourth-order valence-electron chi connectivity index (χ4n) is 3.12. The van der Waals surface area contributed by atoms with Gasteiger partial charge in [-0.25, -0.2) is 17.9 Å². The Balaban J connectivity index is 1.94. The Bertz CT molecular complexity index is 990. The van der Waals surface area contributed by atoms with Crippen LogP contribution in [0, 0.1) is 10.1 Å². The van der Waals surface area contributed by atoms with E-state index in [1.807, 2.05) is 0 Å². The van der Waals surface area contributed by atoms with E-state index in [0.717, 1.165) is 0 Å². The molecular weight excluding hydrogens is 389 g/mol. The molecule has 10 heteroatoms. The van der Waals surface area contributed by atoms with Gasteiger partial charge in [0.25, 0.3) is 5.69 Å².